The van der Waals surface area contributed by atoms with Crippen molar-refractivity contribution in [3.63, 3.8) is 0 Å². The Morgan fingerprint density at radius 1 is 1.09 bits per heavy atom. The van der Waals surface area contributed by atoms with E-state index in [0.29, 0.717) is 23.1 Å². The standard InChI is InChI=1S/C26H29ClFN5O2/c1-26(2,3)35-25(34)32-14-18-13-19(27)10-11-21(18)33-22(15-32)30-31-24(33)17-8-6-16(7-9-17)23-20(28)5-4-12-29-23/h4-5,10-13,16-17H,6-9,14-15H2,1-3H3/t16-,17-. The van der Waals surface area contributed by atoms with Crippen LogP contribution in [0.1, 0.15) is 81.2 Å². The van der Waals surface area contributed by atoms with Gasteiger partial charge in [0.2, 0.25) is 0 Å². The number of nitrogens with zero attached hydrogens (tertiary/aromatic N) is 5. The largest absolute Gasteiger partial charge is 0.444 e. The molecule has 3 aromatic rings. The van der Waals surface area contributed by atoms with Crippen LogP contribution in [0, 0.1) is 5.82 Å². The fourth-order valence-electron chi connectivity index (χ4n) is 5.07. The van der Waals surface area contributed by atoms with Gasteiger partial charge in [-0.05, 0) is 82.3 Å². The Hall–Kier alpha value is -3.00. The van der Waals surface area contributed by atoms with Crippen LogP contribution in [0.3, 0.4) is 0 Å². The summed E-state index contributed by atoms with van der Waals surface area (Å²) in [5, 5.41) is 9.67. The maximum absolute atomic E-state index is 14.3. The number of fused-ring (bicyclic) bond motifs is 3. The number of hydrogen-bond donors (Lipinski definition) is 0. The number of carbonyl (C=O) groups excluding carboxylic acids is 1. The number of ether oxygens (including phenoxy) is 1. The van der Waals surface area contributed by atoms with Crippen LogP contribution in [0.15, 0.2) is 36.5 Å². The summed E-state index contributed by atoms with van der Waals surface area (Å²) in [6, 6.07) is 8.79. The average molecular weight is 498 g/mol. The lowest BCUT2D eigenvalue weighted by Crippen LogP contribution is -2.35. The Balaban J connectivity index is 1.44. The van der Waals surface area contributed by atoms with Crippen LogP contribution in [0.2, 0.25) is 5.02 Å². The minimum Gasteiger partial charge on any atom is -0.444 e. The molecule has 1 aromatic carbocycles. The van der Waals surface area contributed by atoms with Crippen molar-refractivity contribution in [2.75, 3.05) is 0 Å². The van der Waals surface area contributed by atoms with Crippen molar-refractivity contribution in [3.8, 4) is 5.69 Å². The number of aromatic nitrogens is 4. The Labute approximate surface area is 209 Å². The van der Waals surface area contributed by atoms with E-state index in [2.05, 4.69) is 19.7 Å². The molecule has 0 unspecified atom stereocenters. The van der Waals surface area contributed by atoms with Gasteiger partial charge in [0.05, 0.1) is 24.5 Å². The first-order chi connectivity index (χ1) is 16.7. The van der Waals surface area contributed by atoms with E-state index >= 15 is 0 Å². The fourth-order valence-corrected chi connectivity index (χ4v) is 5.26. The van der Waals surface area contributed by atoms with E-state index in [1.54, 1.807) is 17.2 Å². The average Bonchev–Trinajstić information content (AvgIpc) is 3.14. The van der Waals surface area contributed by atoms with Crippen LogP contribution in [-0.2, 0) is 17.8 Å². The molecule has 0 bridgehead atoms. The Morgan fingerprint density at radius 3 is 2.54 bits per heavy atom. The molecule has 184 valence electrons. The van der Waals surface area contributed by atoms with E-state index in [0.717, 1.165) is 42.8 Å². The van der Waals surface area contributed by atoms with Crippen LogP contribution in [-0.4, -0.2) is 36.3 Å². The lowest BCUT2D eigenvalue weighted by molar-refractivity contribution is 0.0214. The molecule has 7 nitrogen and oxygen atoms in total. The van der Waals surface area contributed by atoms with Crippen molar-refractivity contribution in [2.45, 2.75) is 77.0 Å². The Kier molecular flexibility index (Phi) is 6.25. The minimum atomic E-state index is -0.606. The summed E-state index contributed by atoms with van der Waals surface area (Å²) in [6.45, 7) is 6.19. The summed E-state index contributed by atoms with van der Waals surface area (Å²) >= 11 is 6.33. The zero-order valence-corrected chi connectivity index (χ0v) is 20.9. The molecule has 1 aliphatic heterocycles. The Morgan fingerprint density at radius 2 is 1.83 bits per heavy atom. The number of hydrogen-bond acceptors (Lipinski definition) is 5. The van der Waals surface area contributed by atoms with Crippen molar-refractivity contribution in [1.82, 2.24) is 24.6 Å². The molecule has 2 aliphatic rings. The maximum atomic E-state index is 14.3. The number of benzene rings is 1. The summed E-state index contributed by atoms with van der Waals surface area (Å²) < 4.78 is 22.0. The van der Waals surface area contributed by atoms with Gasteiger partial charge in [-0.3, -0.25) is 14.5 Å². The molecular formula is C26H29ClFN5O2. The van der Waals surface area contributed by atoms with Crippen molar-refractivity contribution in [3.05, 3.63) is 70.3 Å². The second kappa shape index (κ2) is 9.22. The molecule has 35 heavy (non-hydrogen) atoms. The number of rotatable bonds is 2. The molecule has 5 rings (SSSR count). The van der Waals surface area contributed by atoms with Gasteiger partial charge in [-0.25, -0.2) is 9.18 Å². The van der Waals surface area contributed by atoms with Crippen molar-refractivity contribution in [2.24, 2.45) is 0 Å². The molecule has 2 aromatic heterocycles. The van der Waals surface area contributed by atoms with Crippen LogP contribution < -0.4 is 0 Å². The van der Waals surface area contributed by atoms with Crippen molar-refractivity contribution in [1.29, 1.82) is 0 Å². The van der Waals surface area contributed by atoms with Gasteiger partial charge in [0.25, 0.3) is 0 Å². The number of halogens is 2. The smallest absolute Gasteiger partial charge is 0.411 e. The first kappa shape index (κ1) is 23.7. The third-order valence-corrected chi connectivity index (χ3v) is 6.88. The van der Waals surface area contributed by atoms with Crippen LogP contribution in [0.5, 0.6) is 0 Å². The first-order valence-corrected chi connectivity index (χ1v) is 12.4. The Bertz CT molecular complexity index is 1250. The number of pyridine rings is 1. The molecule has 1 amide bonds. The van der Waals surface area contributed by atoms with Gasteiger partial charge in [0.1, 0.15) is 17.2 Å². The predicted molar refractivity (Wildman–Crippen MR) is 130 cm³/mol. The van der Waals surface area contributed by atoms with Gasteiger partial charge < -0.3 is 4.74 Å². The summed E-state index contributed by atoms with van der Waals surface area (Å²) in [6.07, 6.45) is 4.63. The van der Waals surface area contributed by atoms with Crippen molar-refractivity contribution >= 4 is 17.7 Å². The van der Waals surface area contributed by atoms with Crippen LogP contribution >= 0.6 is 11.6 Å². The van der Waals surface area contributed by atoms with Gasteiger partial charge in [-0.15, -0.1) is 10.2 Å². The first-order valence-electron chi connectivity index (χ1n) is 12.0. The van der Waals surface area contributed by atoms with Gasteiger partial charge in [0.15, 0.2) is 5.82 Å². The normalized spacial score (nSPS) is 20.1. The molecular weight excluding hydrogens is 469 g/mol. The third-order valence-electron chi connectivity index (χ3n) is 6.65. The molecule has 1 aliphatic carbocycles. The molecule has 0 spiro atoms. The van der Waals surface area contributed by atoms with E-state index in [1.165, 1.54) is 6.07 Å². The summed E-state index contributed by atoms with van der Waals surface area (Å²) in [4.78, 5) is 18.9. The predicted octanol–water partition coefficient (Wildman–Crippen LogP) is 6.15. The molecule has 3 heterocycles. The highest BCUT2D eigenvalue weighted by Gasteiger charge is 2.33. The molecule has 1 saturated carbocycles. The lowest BCUT2D eigenvalue weighted by atomic mass is 9.79. The summed E-state index contributed by atoms with van der Waals surface area (Å²) in [7, 11) is 0. The summed E-state index contributed by atoms with van der Waals surface area (Å²) in [5.41, 5.74) is 1.78. The molecule has 0 saturated heterocycles. The SMILES string of the molecule is CC(C)(C)OC(=O)N1Cc2cc(Cl)ccc2-n2c(nnc2[C@H]2CC[C@H](c3ncccc3F)CC2)C1. The topological polar surface area (TPSA) is 73.1 Å². The van der Waals surface area contributed by atoms with E-state index in [9.17, 15) is 9.18 Å². The molecule has 0 atom stereocenters. The van der Waals surface area contributed by atoms with Gasteiger partial charge in [-0.2, -0.15) is 0 Å². The monoisotopic (exact) mass is 497 g/mol. The second-order valence-electron chi connectivity index (χ2n) is 10.3. The highest BCUT2D eigenvalue weighted by molar-refractivity contribution is 6.30. The zero-order chi connectivity index (χ0) is 24.7. The lowest BCUT2D eigenvalue weighted by Gasteiger charge is -2.28. The number of carbonyl (C=O) groups is 1. The van der Waals surface area contributed by atoms with Crippen molar-refractivity contribution < 1.29 is 13.9 Å². The quantitative estimate of drug-likeness (QED) is 0.424. The fraction of sp³-hybridized carbons (Fsp3) is 0.462. The minimum absolute atomic E-state index is 0.104. The molecule has 0 N–H and O–H groups in total. The number of amides is 1. The summed E-state index contributed by atoms with van der Waals surface area (Å²) in [5.74, 6) is 1.60. The van der Waals surface area contributed by atoms with Gasteiger partial charge in [-0.1, -0.05) is 11.6 Å². The highest BCUT2D eigenvalue weighted by atomic mass is 35.5. The third kappa shape index (κ3) is 4.89. The molecule has 9 heteroatoms. The van der Waals surface area contributed by atoms with Crippen LogP contribution in [0.25, 0.3) is 5.69 Å². The molecule has 1 fully saturated rings. The molecule has 0 radical (unpaired) electrons. The van der Waals surface area contributed by atoms with E-state index < -0.39 is 11.7 Å². The van der Waals surface area contributed by atoms with E-state index in [-0.39, 0.29) is 24.2 Å². The van der Waals surface area contributed by atoms with Crippen LogP contribution in [0.4, 0.5) is 9.18 Å². The zero-order valence-electron chi connectivity index (χ0n) is 20.2. The van der Waals surface area contributed by atoms with Gasteiger partial charge >= 0.3 is 6.09 Å². The highest BCUT2D eigenvalue weighted by Crippen LogP contribution is 2.41. The van der Waals surface area contributed by atoms with E-state index in [1.807, 2.05) is 39.0 Å². The van der Waals surface area contributed by atoms with E-state index in [4.69, 9.17) is 16.3 Å². The second-order valence-corrected chi connectivity index (χ2v) is 10.8. The van der Waals surface area contributed by atoms with Gasteiger partial charge in [0, 0.05) is 23.1 Å². The maximum Gasteiger partial charge on any atom is 0.411 e.